The number of rotatable bonds is 5. The van der Waals surface area contributed by atoms with E-state index in [0.717, 1.165) is 18.2 Å². The minimum absolute atomic E-state index is 0.195. The number of ether oxygens (including phenoxy) is 1. The van der Waals surface area contributed by atoms with E-state index in [1.54, 1.807) is 18.2 Å². The standard InChI is InChI=1S/C16H13BrFN3O4S/c1-2-25-14-6-3-9(7-11(14)17)15(22)20-16(26)19-13-8-10(21(23)24)4-5-12(13)18/h3-8H,2H2,1H3,(H2,19,20,22,26). The molecule has 0 aromatic heterocycles. The quantitative estimate of drug-likeness (QED) is 0.413. The van der Waals surface area contributed by atoms with Crippen LogP contribution < -0.4 is 15.4 Å². The second-order valence-electron chi connectivity index (χ2n) is 4.91. The maximum Gasteiger partial charge on any atom is 0.271 e. The first-order valence-corrected chi connectivity index (χ1v) is 8.50. The molecule has 136 valence electrons. The Morgan fingerprint density at radius 1 is 1.35 bits per heavy atom. The van der Waals surface area contributed by atoms with Crippen LogP contribution in [0.1, 0.15) is 17.3 Å². The highest BCUT2D eigenvalue weighted by Crippen LogP contribution is 2.26. The van der Waals surface area contributed by atoms with Gasteiger partial charge in [0.25, 0.3) is 11.6 Å². The molecule has 2 rings (SSSR count). The van der Waals surface area contributed by atoms with Crippen molar-refractivity contribution in [1.29, 1.82) is 0 Å². The predicted octanol–water partition coefficient (Wildman–Crippen LogP) is 4.02. The molecular formula is C16H13BrFN3O4S. The Morgan fingerprint density at radius 3 is 2.69 bits per heavy atom. The zero-order chi connectivity index (χ0) is 19.3. The number of nitrogens with one attached hydrogen (secondary N) is 2. The molecule has 0 unspecified atom stereocenters. The molecule has 10 heteroatoms. The Morgan fingerprint density at radius 2 is 2.08 bits per heavy atom. The van der Waals surface area contributed by atoms with Gasteiger partial charge in [-0.2, -0.15) is 0 Å². The highest BCUT2D eigenvalue weighted by atomic mass is 79.9. The number of halogens is 2. The van der Waals surface area contributed by atoms with Crippen LogP contribution in [0.2, 0.25) is 0 Å². The molecule has 0 fully saturated rings. The van der Waals surface area contributed by atoms with Crippen molar-refractivity contribution in [2.45, 2.75) is 6.92 Å². The fraction of sp³-hybridized carbons (Fsp3) is 0.125. The van der Waals surface area contributed by atoms with Gasteiger partial charge >= 0.3 is 0 Å². The number of nitrogens with zero attached hydrogens (tertiary/aromatic N) is 1. The third-order valence-electron chi connectivity index (χ3n) is 3.13. The van der Waals surface area contributed by atoms with E-state index in [4.69, 9.17) is 17.0 Å². The number of nitro groups is 1. The Bertz CT molecular complexity index is 879. The minimum Gasteiger partial charge on any atom is -0.493 e. The van der Waals surface area contributed by atoms with Crippen molar-refractivity contribution in [2.24, 2.45) is 0 Å². The monoisotopic (exact) mass is 441 g/mol. The van der Waals surface area contributed by atoms with Gasteiger partial charge in [0, 0.05) is 17.7 Å². The molecule has 2 N–H and O–H groups in total. The van der Waals surface area contributed by atoms with Crippen LogP contribution in [0.25, 0.3) is 0 Å². The van der Waals surface area contributed by atoms with Gasteiger partial charge in [-0.25, -0.2) is 4.39 Å². The topological polar surface area (TPSA) is 93.5 Å². The van der Waals surface area contributed by atoms with E-state index >= 15 is 0 Å². The van der Waals surface area contributed by atoms with Gasteiger partial charge in [-0.1, -0.05) is 0 Å². The Kier molecular flexibility index (Phi) is 6.58. The number of amides is 1. The van der Waals surface area contributed by atoms with Crippen LogP contribution in [0, 0.1) is 15.9 Å². The van der Waals surface area contributed by atoms with Gasteiger partial charge in [-0.15, -0.1) is 0 Å². The van der Waals surface area contributed by atoms with Crippen molar-refractivity contribution in [3.05, 3.63) is 62.4 Å². The average Bonchev–Trinajstić information content (AvgIpc) is 2.58. The molecule has 0 bridgehead atoms. The smallest absolute Gasteiger partial charge is 0.271 e. The molecule has 0 aliphatic rings. The molecule has 0 atom stereocenters. The number of anilines is 1. The van der Waals surface area contributed by atoms with E-state index in [1.165, 1.54) is 0 Å². The number of nitro benzene ring substituents is 1. The summed E-state index contributed by atoms with van der Waals surface area (Å²) in [6.45, 7) is 2.32. The van der Waals surface area contributed by atoms with E-state index < -0.39 is 16.6 Å². The summed E-state index contributed by atoms with van der Waals surface area (Å²) in [7, 11) is 0. The first kappa shape index (κ1) is 19.7. The Balaban J connectivity index is 2.08. The summed E-state index contributed by atoms with van der Waals surface area (Å²) in [6, 6.07) is 7.67. The summed E-state index contributed by atoms with van der Waals surface area (Å²) >= 11 is 8.27. The first-order valence-electron chi connectivity index (χ1n) is 7.30. The van der Waals surface area contributed by atoms with Crippen LogP contribution in [-0.2, 0) is 0 Å². The molecular weight excluding hydrogens is 429 g/mol. The summed E-state index contributed by atoms with van der Waals surface area (Å²) in [6.07, 6.45) is 0. The fourth-order valence-electron chi connectivity index (χ4n) is 1.97. The molecule has 7 nitrogen and oxygen atoms in total. The van der Waals surface area contributed by atoms with Crippen LogP contribution in [0.5, 0.6) is 5.75 Å². The summed E-state index contributed by atoms with van der Waals surface area (Å²) in [5, 5.41) is 15.4. The van der Waals surface area contributed by atoms with Gasteiger partial charge in [0.15, 0.2) is 5.11 Å². The average molecular weight is 442 g/mol. The minimum atomic E-state index is -0.740. The number of benzene rings is 2. The summed E-state index contributed by atoms with van der Waals surface area (Å²) in [5.74, 6) is -0.684. The highest BCUT2D eigenvalue weighted by molar-refractivity contribution is 9.10. The van der Waals surface area contributed by atoms with Crippen LogP contribution in [0.4, 0.5) is 15.8 Å². The molecule has 26 heavy (non-hydrogen) atoms. The molecule has 2 aromatic rings. The molecule has 1 amide bonds. The number of carbonyl (C=O) groups is 1. The van der Waals surface area contributed by atoms with Crippen molar-refractivity contribution in [3.63, 3.8) is 0 Å². The summed E-state index contributed by atoms with van der Waals surface area (Å²) in [4.78, 5) is 22.3. The van der Waals surface area contributed by atoms with E-state index in [2.05, 4.69) is 26.6 Å². The van der Waals surface area contributed by atoms with Crippen LogP contribution >= 0.6 is 28.1 Å². The SMILES string of the molecule is CCOc1ccc(C(=O)NC(=S)Nc2cc([N+](=O)[O-])ccc2F)cc1Br. The van der Waals surface area contributed by atoms with Crippen LogP contribution in [-0.4, -0.2) is 22.5 Å². The lowest BCUT2D eigenvalue weighted by atomic mass is 10.2. The van der Waals surface area contributed by atoms with Gasteiger partial charge in [0.05, 0.1) is 21.7 Å². The predicted molar refractivity (Wildman–Crippen MR) is 102 cm³/mol. The van der Waals surface area contributed by atoms with Crippen LogP contribution in [0.3, 0.4) is 0 Å². The van der Waals surface area contributed by atoms with Gasteiger partial charge < -0.3 is 10.1 Å². The van der Waals surface area contributed by atoms with Gasteiger partial charge in [0.1, 0.15) is 11.6 Å². The van der Waals surface area contributed by atoms with Crippen molar-refractivity contribution in [2.75, 3.05) is 11.9 Å². The number of carbonyl (C=O) groups excluding carboxylic acids is 1. The van der Waals surface area contributed by atoms with E-state index in [9.17, 15) is 19.3 Å². The van der Waals surface area contributed by atoms with E-state index in [0.29, 0.717) is 22.4 Å². The maximum atomic E-state index is 13.7. The maximum absolute atomic E-state index is 13.7. The molecule has 0 radical (unpaired) electrons. The van der Waals surface area contributed by atoms with Gasteiger partial charge in [-0.05, 0) is 59.3 Å². The zero-order valence-corrected chi connectivity index (χ0v) is 15.8. The lowest BCUT2D eigenvalue weighted by molar-refractivity contribution is -0.384. The van der Waals surface area contributed by atoms with Gasteiger partial charge in [0.2, 0.25) is 0 Å². The molecule has 0 saturated heterocycles. The van der Waals surface area contributed by atoms with Gasteiger partial charge in [-0.3, -0.25) is 20.2 Å². The van der Waals surface area contributed by atoms with Crippen LogP contribution in [0.15, 0.2) is 40.9 Å². The fourth-order valence-corrected chi connectivity index (χ4v) is 2.66. The lowest BCUT2D eigenvalue weighted by Gasteiger charge is -2.11. The van der Waals surface area contributed by atoms with Crippen molar-refractivity contribution in [3.8, 4) is 5.75 Å². The lowest BCUT2D eigenvalue weighted by Crippen LogP contribution is -2.34. The number of hydrogen-bond acceptors (Lipinski definition) is 5. The van der Waals surface area contributed by atoms with E-state index in [-0.39, 0.29) is 16.5 Å². The molecule has 2 aromatic carbocycles. The third kappa shape index (κ3) is 4.96. The third-order valence-corrected chi connectivity index (χ3v) is 3.95. The summed E-state index contributed by atoms with van der Waals surface area (Å²) < 4.78 is 19.7. The van der Waals surface area contributed by atoms with Crippen molar-refractivity contribution < 1.29 is 18.8 Å². The zero-order valence-electron chi connectivity index (χ0n) is 13.4. The Labute approximate surface area is 161 Å². The Hall–Kier alpha value is -2.59. The molecule has 0 heterocycles. The number of hydrogen-bond donors (Lipinski definition) is 2. The van der Waals surface area contributed by atoms with E-state index in [1.807, 2.05) is 6.92 Å². The molecule has 0 saturated carbocycles. The first-order chi connectivity index (χ1) is 12.3. The largest absolute Gasteiger partial charge is 0.493 e. The highest BCUT2D eigenvalue weighted by Gasteiger charge is 2.14. The number of non-ortho nitro benzene ring substituents is 1. The second kappa shape index (κ2) is 8.68. The van der Waals surface area contributed by atoms with Crippen molar-refractivity contribution in [1.82, 2.24) is 5.32 Å². The molecule has 0 aliphatic carbocycles. The second-order valence-corrected chi connectivity index (χ2v) is 6.17. The van der Waals surface area contributed by atoms with Crippen molar-refractivity contribution >= 4 is 50.5 Å². The molecule has 0 aliphatic heterocycles. The summed E-state index contributed by atoms with van der Waals surface area (Å²) in [5.41, 5.74) is -0.222. The molecule has 0 spiro atoms. The normalized spacial score (nSPS) is 10.1. The number of thiocarbonyl (C=S) groups is 1.